The van der Waals surface area contributed by atoms with Gasteiger partial charge in [0.25, 0.3) is 0 Å². The van der Waals surface area contributed by atoms with Crippen LogP contribution < -0.4 is 5.32 Å². The molecule has 1 N–H and O–H groups in total. The number of aryl methyl sites for hydroxylation is 1. The van der Waals surface area contributed by atoms with Crippen LogP contribution in [0, 0.1) is 18.8 Å². The topological polar surface area (TPSA) is 77.5 Å². The lowest BCUT2D eigenvalue weighted by molar-refractivity contribution is -0.163. The van der Waals surface area contributed by atoms with E-state index in [9.17, 15) is 9.59 Å². The van der Waals surface area contributed by atoms with Gasteiger partial charge < -0.3 is 9.47 Å². The fraction of sp³-hybridized carbons (Fsp3) is 0.737. The van der Waals surface area contributed by atoms with Crippen molar-refractivity contribution in [1.82, 2.24) is 10.3 Å². The lowest BCUT2D eigenvalue weighted by Crippen LogP contribution is -2.52. The Morgan fingerprint density at radius 1 is 1.42 bits per heavy atom. The highest BCUT2D eigenvalue weighted by atomic mass is 32.1. The maximum absolute atomic E-state index is 13.1. The van der Waals surface area contributed by atoms with Crippen molar-refractivity contribution in [3.8, 4) is 0 Å². The Labute approximate surface area is 159 Å². The van der Waals surface area contributed by atoms with Gasteiger partial charge in [0.15, 0.2) is 0 Å². The van der Waals surface area contributed by atoms with Crippen LogP contribution in [0.2, 0.25) is 0 Å². The monoisotopic (exact) mass is 382 g/mol. The number of carbonyl (C=O) groups is 2. The number of ether oxygens (including phenoxy) is 2. The summed E-state index contributed by atoms with van der Waals surface area (Å²) in [5, 5.41) is 4.22. The van der Waals surface area contributed by atoms with Crippen molar-refractivity contribution in [3.63, 3.8) is 0 Å². The van der Waals surface area contributed by atoms with Gasteiger partial charge in [-0.05, 0) is 46.5 Å². The first kappa shape index (κ1) is 20.8. The van der Waals surface area contributed by atoms with Crippen LogP contribution in [-0.4, -0.2) is 35.2 Å². The fourth-order valence-electron chi connectivity index (χ4n) is 3.51. The van der Waals surface area contributed by atoms with Crippen LogP contribution in [0.4, 0.5) is 0 Å². The predicted molar refractivity (Wildman–Crippen MR) is 101 cm³/mol. The van der Waals surface area contributed by atoms with Gasteiger partial charge in [0.05, 0.1) is 19.1 Å². The Morgan fingerprint density at radius 3 is 2.54 bits per heavy atom. The van der Waals surface area contributed by atoms with E-state index < -0.39 is 17.1 Å². The fourth-order valence-corrected chi connectivity index (χ4v) is 4.40. The van der Waals surface area contributed by atoms with E-state index in [4.69, 9.17) is 9.47 Å². The molecule has 0 aliphatic carbocycles. The molecule has 26 heavy (non-hydrogen) atoms. The average Bonchev–Trinajstić information content (AvgIpc) is 3.09. The van der Waals surface area contributed by atoms with Gasteiger partial charge in [-0.2, -0.15) is 0 Å². The summed E-state index contributed by atoms with van der Waals surface area (Å²) in [5.74, 6) is -0.866. The molecule has 3 atom stereocenters. The number of hydrogen-bond donors (Lipinski definition) is 1. The Kier molecular flexibility index (Phi) is 6.13. The van der Waals surface area contributed by atoms with Gasteiger partial charge in [-0.25, -0.2) is 4.98 Å². The van der Waals surface area contributed by atoms with E-state index in [1.54, 1.807) is 6.20 Å². The van der Waals surface area contributed by atoms with Crippen LogP contribution in [0.3, 0.4) is 0 Å². The number of thiazole rings is 1. The van der Waals surface area contributed by atoms with Gasteiger partial charge in [-0.15, -0.1) is 11.3 Å². The zero-order valence-electron chi connectivity index (χ0n) is 16.7. The molecule has 0 amide bonds. The van der Waals surface area contributed by atoms with E-state index in [0.29, 0.717) is 12.8 Å². The Balaban J connectivity index is 2.42. The first-order valence-electron chi connectivity index (χ1n) is 8.99. The number of nitrogens with zero attached hydrogens (tertiary/aromatic N) is 1. The maximum atomic E-state index is 13.1. The lowest BCUT2D eigenvalue weighted by Gasteiger charge is -2.33. The third kappa shape index (κ3) is 4.62. The first-order valence-corrected chi connectivity index (χ1v) is 9.80. The molecular weight excluding hydrogens is 352 g/mol. The maximum Gasteiger partial charge on any atom is 0.326 e. The van der Waals surface area contributed by atoms with Crippen LogP contribution >= 0.6 is 11.3 Å². The summed E-state index contributed by atoms with van der Waals surface area (Å²) < 4.78 is 10.7. The molecule has 0 spiro atoms. The second kappa shape index (κ2) is 7.64. The Hall–Kier alpha value is -1.47. The van der Waals surface area contributed by atoms with E-state index in [-0.39, 0.29) is 23.9 Å². The molecule has 6 nitrogen and oxygen atoms in total. The Morgan fingerprint density at radius 2 is 2.08 bits per heavy atom. The van der Waals surface area contributed by atoms with Crippen LogP contribution in [0.5, 0.6) is 0 Å². The van der Waals surface area contributed by atoms with Crippen LogP contribution in [0.1, 0.15) is 63.4 Å². The molecule has 1 saturated heterocycles. The second-order valence-electron chi connectivity index (χ2n) is 8.45. The van der Waals surface area contributed by atoms with Crippen molar-refractivity contribution in [2.45, 2.75) is 71.6 Å². The minimum atomic E-state index is -0.926. The molecule has 1 fully saturated rings. The molecule has 2 heterocycles. The summed E-state index contributed by atoms with van der Waals surface area (Å²) in [6, 6.07) is -0.354. The summed E-state index contributed by atoms with van der Waals surface area (Å²) in [7, 11) is 1.38. The summed E-state index contributed by atoms with van der Waals surface area (Å²) in [4.78, 5) is 31.1. The van der Waals surface area contributed by atoms with E-state index in [1.807, 2.05) is 27.7 Å². The lowest BCUT2D eigenvalue weighted by atomic mass is 9.84. The highest BCUT2D eigenvalue weighted by Crippen LogP contribution is 2.43. The third-order valence-corrected chi connectivity index (χ3v) is 5.35. The zero-order valence-corrected chi connectivity index (χ0v) is 17.5. The first-order chi connectivity index (χ1) is 12.0. The normalized spacial score (nSPS) is 26.2. The van der Waals surface area contributed by atoms with E-state index >= 15 is 0 Å². The number of hydrogen-bond acceptors (Lipinski definition) is 7. The predicted octanol–water partition coefficient (Wildman–Crippen LogP) is 3.40. The minimum Gasteiger partial charge on any atom is -0.469 e. The van der Waals surface area contributed by atoms with Crippen LogP contribution in [0.15, 0.2) is 6.20 Å². The van der Waals surface area contributed by atoms with Crippen LogP contribution in [-0.2, 0) is 19.1 Å². The minimum absolute atomic E-state index is 0.255. The third-order valence-electron chi connectivity index (χ3n) is 4.36. The summed E-state index contributed by atoms with van der Waals surface area (Å²) >= 11 is 1.53. The quantitative estimate of drug-likeness (QED) is 0.787. The second-order valence-corrected chi connectivity index (χ2v) is 9.71. The molecule has 146 valence electrons. The van der Waals surface area contributed by atoms with Crippen molar-refractivity contribution < 1.29 is 19.1 Å². The highest BCUT2D eigenvalue weighted by molar-refractivity contribution is 7.11. The molecule has 1 aromatic rings. The van der Waals surface area contributed by atoms with Crippen molar-refractivity contribution in [2.75, 3.05) is 7.11 Å². The van der Waals surface area contributed by atoms with Crippen molar-refractivity contribution in [3.05, 3.63) is 16.1 Å². The van der Waals surface area contributed by atoms with E-state index in [0.717, 1.165) is 9.88 Å². The van der Waals surface area contributed by atoms with Gasteiger partial charge in [0, 0.05) is 11.1 Å². The zero-order chi connectivity index (χ0) is 19.7. The van der Waals surface area contributed by atoms with Gasteiger partial charge in [-0.1, -0.05) is 13.8 Å². The molecule has 2 rings (SSSR count). The van der Waals surface area contributed by atoms with Crippen LogP contribution in [0.25, 0.3) is 0 Å². The highest BCUT2D eigenvalue weighted by Gasteiger charge is 2.55. The number of carbonyl (C=O) groups excluding carboxylic acids is 2. The number of rotatable bonds is 5. The molecule has 0 bridgehead atoms. The number of aromatic nitrogens is 1. The molecule has 1 aliphatic rings. The summed E-state index contributed by atoms with van der Waals surface area (Å²) in [6.45, 7) is 11.6. The van der Waals surface area contributed by atoms with E-state index in [2.05, 4.69) is 24.1 Å². The van der Waals surface area contributed by atoms with Gasteiger partial charge >= 0.3 is 11.9 Å². The SMILES string of the molecule is COC(=O)[C@H]1C[C@@](CC(C)C)(C(=O)OC(C)(C)C)N[C@H]1c1ncc(C)s1. The van der Waals surface area contributed by atoms with Gasteiger partial charge in [0.1, 0.15) is 16.1 Å². The molecule has 0 radical (unpaired) electrons. The van der Waals surface area contributed by atoms with Crippen molar-refractivity contribution in [1.29, 1.82) is 0 Å². The average molecular weight is 383 g/mol. The molecule has 0 saturated carbocycles. The smallest absolute Gasteiger partial charge is 0.326 e. The van der Waals surface area contributed by atoms with Gasteiger partial charge in [-0.3, -0.25) is 14.9 Å². The molecular formula is C19H30N2O4S. The molecule has 0 aromatic carbocycles. The largest absolute Gasteiger partial charge is 0.469 e. The van der Waals surface area contributed by atoms with Crippen molar-refractivity contribution >= 4 is 23.3 Å². The molecule has 0 unspecified atom stereocenters. The molecule has 7 heteroatoms. The molecule has 1 aliphatic heterocycles. The van der Waals surface area contributed by atoms with Crippen molar-refractivity contribution in [2.24, 2.45) is 11.8 Å². The summed E-state index contributed by atoms with van der Waals surface area (Å²) in [5.41, 5.74) is -1.52. The Bertz CT molecular complexity index is 665. The number of esters is 2. The van der Waals surface area contributed by atoms with E-state index in [1.165, 1.54) is 18.4 Å². The summed E-state index contributed by atoms with van der Waals surface area (Å²) in [6.07, 6.45) is 2.71. The number of methoxy groups -OCH3 is 1. The van der Waals surface area contributed by atoms with Gasteiger partial charge in [0.2, 0.25) is 0 Å². The number of nitrogens with one attached hydrogen (secondary N) is 1. The standard InChI is InChI=1S/C19H30N2O4S/c1-11(2)8-19(17(23)25-18(4,5)6)9-13(16(22)24-7)14(21-19)15-20-10-12(3)26-15/h10-11,13-14,21H,8-9H2,1-7H3/t13-,14+,19-/m0/s1. The molecule has 1 aromatic heterocycles.